The summed E-state index contributed by atoms with van der Waals surface area (Å²) in [5, 5.41) is 3.48. The monoisotopic (exact) mass is 410 g/mol. The summed E-state index contributed by atoms with van der Waals surface area (Å²) in [7, 11) is 0. The molecule has 1 unspecified atom stereocenters. The van der Waals surface area contributed by atoms with Gasteiger partial charge >= 0.3 is 0 Å². The highest BCUT2D eigenvalue weighted by molar-refractivity contribution is 7.99. The summed E-state index contributed by atoms with van der Waals surface area (Å²) >= 11 is 3.02. The molecule has 2 heterocycles. The normalized spacial score (nSPS) is 12.9. The first-order valence-corrected chi connectivity index (χ1v) is 11.2. The maximum Gasteiger partial charge on any atom is 0.259 e. The van der Waals surface area contributed by atoms with E-state index in [9.17, 15) is 9.59 Å². The van der Waals surface area contributed by atoms with E-state index in [1.165, 1.54) is 11.8 Å². The fourth-order valence-electron chi connectivity index (χ4n) is 2.90. The molecule has 27 heavy (non-hydrogen) atoms. The average Bonchev–Trinajstić information content (AvgIpc) is 2.90. The molecule has 0 bridgehead atoms. The third kappa shape index (κ3) is 5.56. The molecule has 8 heteroatoms. The summed E-state index contributed by atoms with van der Waals surface area (Å²) in [5.74, 6) is 1.14. The molecule has 0 saturated carbocycles. The number of aromatic nitrogens is 2. The molecule has 0 aliphatic heterocycles. The fraction of sp³-hybridized carbons (Fsp3) is 0.632. The molecular formula is C19H30N4O2S2. The van der Waals surface area contributed by atoms with Gasteiger partial charge in [-0.15, -0.1) is 23.1 Å². The molecule has 2 N–H and O–H groups in total. The van der Waals surface area contributed by atoms with Crippen LogP contribution in [0.5, 0.6) is 0 Å². The second kappa shape index (κ2) is 9.71. The lowest BCUT2D eigenvalue weighted by Gasteiger charge is -2.25. The van der Waals surface area contributed by atoms with E-state index in [4.69, 9.17) is 0 Å². The van der Waals surface area contributed by atoms with Gasteiger partial charge in [0.25, 0.3) is 5.56 Å². The SMILES string of the molecule is CCN(CCNC(=O)C(C)SCc1nc2sc(C)c(C)c2c(=O)[nH]1)C(C)C. The molecule has 2 aromatic rings. The number of fused-ring (bicyclic) bond motifs is 1. The minimum absolute atomic E-state index is 0.0195. The minimum atomic E-state index is -0.202. The van der Waals surface area contributed by atoms with Gasteiger partial charge in [0.05, 0.1) is 16.4 Å². The highest BCUT2D eigenvalue weighted by atomic mass is 32.2. The van der Waals surface area contributed by atoms with Gasteiger partial charge in [0, 0.05) is 24.0 Å². The van der Waals surface area contributed by atoms with E-state index < -0.39 is 0 Å². The van der Waals surface area contributed by atoms with Crippen LogP contribution in [-0.2, 0) is 10.5 Å². The van der Waals surface area contributed by atoms with Crippen LogP contribution in [0.25, 0.3) is 10.2 Å². The lowest BCUT2D eigenvalue weighted by Crippen LogP contribution is -2.40. The number of carbonyl (C=O) groups excluding carboxylic acids is 1. The number of thiophene rings is 1. The molecule has 2 rings (SSSR count). The van der Waals surface area contributed by atoms with Crippen LogP contribution in [0.15, 0.2) is 4.79 Å². The molecule has 0 aromatic carbocycles. The molecule has 0 radical (unpaired) electrons. The van der Waals surface area contributed by atoms with E-state index in [1.807, 2.05) is 20.8 Å². The molecule has 1 atom stereocenters. The Labute approximate surface area is 169 Å². The van der Waals surface area contributed by atoms with Crippen molar-refractivity contribution in [1.29, 1.82) is 0 Å². The average molecular weight is 411 g/mol. The van der Waals surface area contributed by atoms with Crippen molar-refractivity contribution in [1.82, 2.24) is 20.2 Å². The maximum absolute atomic E-state index is 12.3. The van der Waals surface area contributed by atoms with Crippen LogP contribution in [0.4, 0.5) is 0 Å². The molecule has 0 aliphatic carbocycles. The fourth-order valence-corrected chi connectivity index (χ4v) is 4.72. The number of amides is 1. The van der Waals surface area contributed by atoms with Crippen LogP contribution >= 0.6 is 23.1 Å². The van der Waals surface area contributed by atoms with E-state index in [0.29, 0.717) is 29.6 Å². The molecular weight excluding hydrogens is 380 g/mol. The zero-order valence-corrected chi connectivity index (χ0v) is 18.6. The van der Waals surface area contributed by atoms with Gasteiger partial charge in [-0.3, -0.25) is 14.5 Å². The van der Waals surface area contributed by atoms with E-state index in [-0.39, 0.29) is 16.7 Å². The van der Waals surface area contributed by atoms with Gasteiger partial charge < -0.3 is 10.3 Å². The highest BCUT2D eigenvalue weighted by Crippen LogP contribution is 2.26. The summed E-state index contributed by atoms with van der Waals surface area (Å²) in [6, 6.07) is 0.473. The van der Waals surface area contributed by atoms with E-state index in [0.717, 1.165) is 28.4 Å². The van der Waals surface area contributed by atoms with Gasteiger partial charge in [-0.1, -0.05) is 6.92 Å². The molecule has 1 amide bonds. The Kier molecular flexibility index (Phi) is 7.88. The zero-order chi connectivity index (χ0) is 20.1. The van der Waals surface area contributed by atoms with Gasteiger partial charge in [0.1, 0.15) is 10.7 Å². The third-order valence-electron chi connectivity index (χ3n) is 4.76. The van der Waals surface area contributed by atoms with Crippen LogP contribution in [0.2, 0.25) is 0 Å². The largest absolute Gasteiger partial charge is 0.354 e. The second-order valence-corrected chi connectivity index (χ2v) is 9.47. The molecule has 0 fully saturated rings. The van der Waals surface area contributed by atoms with Gasteiger partial charge in [0.15, 0.2) is 0 Å². The number of carbonyl (C=O) groups is 1. The van der Waals surface area contributed by atoms with Crippen LogP contribution < -0.4 is 10.9 Å². The molecule has 0 aliphatic rings. The van der Waals surface area contributed by atoms with Crippen LogP contribution in [0, 0.1) is 13.8 Å². The Morgan fingerprint density at radius 2 is 2.04 bits per heavy atom. The Hall–Kier alpha value is -1.38. The first kappa shape index (κ1) is 21.9. The van der Waals surface area contributed by atoms with Gasteiger partial charge in [-0.25, -0.2) is 4.98 Å². The molecule has 0 saturated heterocycles. The number of hydrogen-bond acceptors (Lipinski definition) is 6. The number of nitrogens with one attached hydrogen (secondary N) is 2. The zero-order valence-electron chi connectivity index (χ0n) is 17.0. The highest BCUT2D eigenvalue weighted by Gasteiger charge is 2.16. The van der Waals surface area contributed by atoms with E-state index in [1.54, 1.807) is 11.3 Å². The van der Waals surface area contributed by atoms with Crippen molar-refractivity contribution in [3.63, 3.8) is 0 Å². The van der Waals surface area contributed by atoms with Crippen molar-refractivity contribution in [2.45, 2.75) is 58.6 Å². The standard InChI is InChI=1S/C19H30N4O2S2/c1-7-23(11(2)3)9-8-20-17(24)14(6)26-10-15-21-18(25)16-12(4)13(5)27-19(16)22-15/h11,14H,7-10H2,1-6H3,(H,20,24)(H,21,22,25). The van der Waals surface area contributed by atoms with Crippen LogP contribution in [-0.4, -0.2) is 51.7 Å². The number of aryl methyl sites for hydroxylation is 2. The van der Waals surface area contributed by atoms with Gasteiger partial charge in [-0.2, -0.15) is 0 Å². The van der Waals surface area contributed by atoms with Crippen molar-refractivity contribution in [2.75, 3.05) is 19.6 Å². The van der Waals surface area contributed by atoms with Crippen molar-refractivity contribution in [2.24, 2.45) is 0 Å². The summed E-state index contributed by atoms with van der Waals surface area (Å²) in [6.07, 6.45) is 0. The van der Waals surface area contributed by atoms with E-state index >= 15 is 0 Å². The first-order valence-electron chi connectivity index (χ1n) is 9.36. The molecule has 2 aromatic heterocycles. The maximum atomic E-state index is 12.3. The van der Waals surface area contributed by atoms with Crippen molar-refractivity contribution >= 4 is 39.2 Å². The quantitative estimate of drug-likeness (QED) is 0.664. The number of thioether (sulfide) groups is 1. The number of likely N-dealkylation sites (N-methyl/N-ethyl adjacent to an activating group) is 1. The van der Waals surface area contributed by atoms with Gasteiger partial charge in [-0.05, 0) is 46.7 Å². The Morgan fingerprint density at radius 1 is 1.33 bits per heavy atom. The summed E-state index contributed by atoms with van der Waals surface area (Å²) < 4.78 is 0. The Bertz CT molecular complexity index is 844. The number of nitrogens with zero attached hydrogens (tertiary/aromatic N) is 2. The van der Waals surface area contributed by atoms with Crippen molar-refractivity contribution < 1.29 is 4.79 Å². The smallest absolute Gasteiger partial charge is 0.259 e. The molecule has 150 valence electrons. The van der Waals surface area contributed by atoms with Crippen molar-refractivity contribution in [3.8, 4) is 0 Å². The minimum Gasteiger partial charge on any atom is -0.354 e. The topological polar surface area (TPSA) is 78.1 Å². The Morgan fingerprint density at radius 3 is 2.67 bits per heavy atom. The number of H-pyrrole nitrogens is 1. The second-order valence-electron chi connectivity index (χ2n) is 6.94. The molecule has 6 nitrogen and oxygen atoms in total. The van der Waals surface area contributed by atoms with Crippen molar-refractivity contribution in [3.05, 3.63) is 26.6 Å². The summed E-state index contributed by atoms with van der Waals surface area (Å²) in [6.45, 7) is 14.7. The lowest BCUT2D eigenvalue weighted by atomic mass is 10.2. The van der Waals surface area contributed by atoms with Crippen LogP contribution in [0.3, 0.4) is 0 Å². The van der Waals surface area contributed by atoms with E-state index in [2.05, 4.69) is 41.0 Å². The summed E-state index contributed by atoms with van der Waals surface area (Å²) in [5.41, 5.74) is 0.904. The number of rotatable bonds is 9. The predicted molar refractivity (Wildman–Crippen MR) is 116 cm³/mol. The summed E-state index contributed by atoms with van der Waals surface area (Å²) in [4.78, 5) is 36.2. The number of aromatic amines is 1. The molecule has 0 spiro atoms. The first-order chi connectivity index (χ1) is 12.7. The van der Waals surface area contributed by atoms with Crippen LogP contribution in [0.1, 0.15) is 44.0 Å². The lowest BCUT2D eigenvalue weighted by molar-refractivity contribution is -0.120. The Balaban J connectivity index is 1.89. The predicted octanol–water partition coefficient (Wildman–Crippen LogP) is 3.07. The third-order valence-corrected chi connectivity index (χ3v) is 7.02. The number of hydrogen-bond donors (Lipinski definition) is 2. The van der Waals surface area contributed by atoms with Gasteiger partial charge in [0.2, 0.25) is 5.91 Å².